The molecule has 1 aromatic carbocycles. The number of amides is 4. The zero-order chi connectivity index (χ0) is 40.8. The fraction of sp³-hybridized carbons (Fsp3) is 0.615. The summed E-state index contributed by atoms with van der Waals surface area (Å²) in [6, 6.07) is 5.15. The number of carbonyl (C=O) groups is 4. The number of pyridine rings is 1. The van der Waals surface area contributed by atoms with Crippen LogP contribution in [0.2, 0.25) is 0 Å². The second-order valence-corrected chi connectivity index (χ2v) is 19.0. The summed E-state index contributed by atoms with van der Waals surface area (Å²) >= 11 is 0. The van der Waals surface area contributed by atoms with Crippen molar-refractivity contribution in [2.45, 2.75) is 102 Å². The van der Waals surface area contributed by atoms with E-state index < -0.39 is 79.7 Å². The zero-order valence-electron chi connectivity index (χ0n) is 33.2. The number of alkyl carbamates (subject to hydrolysis) is 1. The number of methoxy groups -OCH3 is 1. The summed E-state index contributed by atoms with van der Waals surface area (Å²) < 4.78 is 50.9. The average molecular weight is 799 g/mol. The topological polar surface area (TPSA) is 195 Å². The van der Waals surface area contributed by atoms with E-state index >= 15 is 0 Å². The maximum Gasteiger partial charge on any atom is 0.408 e. The molecule has 2 saturated carbocycles. The third-order valence-corrected chi connectivity index (χ3v) is 12.3. The van der Waals surface area contributed by atoms with Gasteiger partial charge in [0.25, 0.3) is 5.91 Å². The van der Waals surface area contributed by atoms with Crippen LogP contribution in [0.4, 0.5) is 10.6 Å². The Kier molecular flexibility index (Phi) is 11.3. The lowest BCUT2D eigenvalue weighted by atomic mass is 9.85. The number of nitrogens with one attached hydrogen (secondary N) is 3. The van der Waals surface area contributed by atoms with Crippen molar-refractivity contribution in [1.29, 1.82) is 0 Å². The van der Waals surface area contributed by atoms with Gasteiger partial charge in [0.1, 0.15) is 40.9 Å². The Hall–Kier alpha value is -4.64. The number of ether oxygens (including phenoxy) is 4. The van der Waals surface area contributed by atoms with Crippen LogP contribution in [-0.4, -0.2) is 117 Å². The van der Waals surface area contributed by atoms with Crippen molar-refractivity contribution < 1.29 is 46.5 Å². The first-order valence-corrected chi connectivity index (χ1v) is 20.6. The summed E-state index contributed by atoms with van der Waals surface area (Å²) in [6.07, 6.45) is 0.972. The molecule has 0 spiro atoms. The van der Waals surface area contributed by atoms with Gasteiger partial charge >= 0.3 is 6.09 Å². The maximum absolute atomic E-state index is 14.7. The van der Waals surface area contributed by atoms with Gasteiger partial charge in [-0.3, -0.25) is 19.1 Å². The quantitative estimate of drug-likeness (QED) is 0.266. The Morgan fingerprint density at radius 2 is 1.77 bits per heavy atom. The van der Waals surface area contributed by atoms with Gasteiger partial charge in [-0.2, -0.15) is 4.98 Å². The van der Waals surface area contributed by atoms with Gasteiger partial charge in [-0.25, -0.2) is 13.2 Å². The Balaban J connectivity index is 1.33. The van der Waals surface area contributed by atoms with E-state index in [9.17, 15) is 27.6 Å². The molecule has 4 amide bonds. The van der Waals surface area contributed by atoms with E-state index in [-0.39, 0.29) is 19.4 Å². The Labute approximate surface area is 328 Å². The van der Waals surface area contributed by atoms with Crippen LogP contribution in [0.3, 0.4) is 0 Å². The van der Waals surface area contributed by atoms with E-state index in [4.69, 9.17) is 23.9 Å². The molecule has 4 fully saturated rings. The third-order valence-electron chi connectivity index (χ3n) is 10.5. The molecule has 17 heteroatoms. The molecule has 6 rings (SSSR count). The molecule has 306 valence electrons. The molecule has 2 saturated heterocycles. The van der Waals surface area contributed by atoms with E-state index in [0.717, 1.165) is 5.39 Å². The molecule has 5 unspecified atom stereocenters. The van der Waals surface area contributed by atoms with Crippen LogP contribution in [0.5, 0.6) is 11.6 Å². The maximum atomic E-state index is 14.7. The average Bonchev–Trinajstić information content (AvgIpc) is 4.06. The van der Waals surface area contributed by atoms with Crippen molar-refractivity contribution in [2.75, 3.05) is 44.9 Å². The minimum atomic E-state index is -3.92. The molecule has 56 heavy (non-hydrogen) atoms. The van der Waals surface area contributed by atoms with Crippen molar-refractivity contribution >= 4 is 50.4 Å². The number of rotatable bonds is 12. The predicted octanol–water partition coefficient (Wildman–Crippen LogP) is 3.04. The third kappa shape index (κ3) is 8.98. The molecule has 3 heterocycles. The lowest BCUT2D eigenvalue weighted by Gasteiger charge is -2.36. The number of aromatic nitrogens is 1. The monoisotopic (exact) mass is 798 g/mol. The molecule has 4 aliphatic rings. The van der Waals surface area contributed by atoms with Crippen molar-refractivity contribution in [3.8, 4) is 11.6 Å². The number of benzene rings is 1. The largest absolute Gasteiger partial charge is 0.497 e. The second kappa shape index (κ2) is 15.4. The number of carbonyl (C=O) groups excluding carboxylic acids is 4. The van der Waals surface area contributed by atoms with Crippen LogP contribution in [0, 0.1) is 11.3 Å². The molecule has 2 aliphatic heterocycles. The summed E-state index contributed by atoms with van der Waals surface area (Å²) in [6.45, 7) is 16.5. The Morgan fingerprint density at radius 1 is 1.07 bits per heavy atom. The molecule has 0 radical (unpaired) electrons. The van der Waals surface area contributed by atoms with Crippen LogP contribution in [0.25, 0.3) is 10.8 Å². The summed E-state index contributed by atoms with van der Waals surface area (Å²) in [5.41, 5.74) is -3.25. The molecule has 2 aromatic rings. The highest BCUT2D eigenvalue weighted by Crippen LogP contribution is 2.46. The Morgan fingerprint density at radius 3 is 2.36 bits per heavy atom. The number of anilines is 1. The fourth-order valence-electron chi connectivity index (χ4n) is 7.15. The highest BCUT2D eigenvalue weighted by atomic mass is 32.2. The van der Waals surface area contributed by atoms with Crippen molar-refractivity contribution in [3.63, 3.8) is 0 Å². The zero-order valence-corrected chi connectivity index (χ0v) is 34.0. The highest BCUT2D eigenvalue weighted by Gasteiger charge is 2.62. The lowest BCUT2D eigenvalue weighted by Crippen LogP contribution is -2.60. The van der Waals surface area contributed by atoms with Crippen LogP contribution in [0.15, 0.2) is 36.9 Å². The summed E-state index contributed by atoms with van der Waals surface area (Å²) in [7, 11) is -2.33. The number of hydrogen-bond donors (Lipinski definition) is 3. The van der Waals surface area contributed by atoms with Crippen LogP contribution in [-0.2, 0) is 33.9 Å². The number of morpholine rings is 1. The van der Waals surface area contributed by atoms with Gasteiger partial charge in [0, 0.05) is 30.8 Å². The Bertz CT molecular complexity index is 1990. The van der Waals surface area contributed by atoms with Gasteiger partial charge in [-0.05, 0) is 75.1 Å². The van der Waals surface area contributed by atoms with E-state index in [2.05, 4.69) is 26.8 Å². The van der Waals surface area contributed by atoms with E-state index in [1.807, 2.05) is 18.2 Å². The fourth-order valence-corrected chi connectivity index (χ4v) is 8.52. The molecule has 16 nitrogen and oxygen atoms in total. The number of fused-ring (bicyclic) bond motifs is 1. The second-order valence-electron chi connectivity index (χ2n) is 17.1. The van der Waals surface area contributed by atoms with Gasteiger partial charge in [0.15, 0.2) is 0 Å². The molecular formula is C39H54N6O10S. The highest BCUT2D eigenvalue weighted by molar-refractivity contribution is 7.91. The van der Waals surface area contributed by atoms with Crippen LogP contribution in [0.1, 0.15) is 67.2 Å². The summed E-state index contributed by atoms with van der Waals surface area (Å²) in [5, 5.41) is 6.37. The van der Waals surface area contributed by atoms with Gasteiger partial charge in [0.2, 0.25) is 27.7 Å². The minimum absolute atomic E-state index is 0.00118. The first-order chi connectivity index (χ1) is 26.2. The van der Waals surface area contributed by atoms with Crippen LogP contribution < -0.4 is 29.7 Å². The molecule has 1 aromatic heterocycles. The van der Waals surface area contributed by atoms with Crippen LogP contribution >= 0.6 is 0 Å². The molecular weight excluding hydrogens is 745 g/mol. The number of hydrogen-bond acceptors (Lipinski definition) is 12. The van der Waals surface area contributed by atoms with E-state index in [1.165, 1.54) is 11.0 Å². The summed E-state index contributed by atoms with van der Waals surface area (Å²) in [5.74, 6) is -1.03. The SMILES string of the molecule is C=CC1CC1(NC(=O)C1CC(Oc2nc(N3CCOCC3)cc3cc(OC)ccc23)CN1C(=O)C(NC(=O)OC(C)(C)C)C(C)(C)C)C(=O)NS(=O)(=O)C1CC1. The van der Waals surface area contributed by atoms with Gasteiger partial charge in [-0.15, -0.1) is 6.58 Å². The molecule has 3 N–H and O–H groups in total. The van der Waals surface area contributed by atoms with E-state index in [1.54, 1.807) is 54.7 Å². The number of sulfonamides is 1. The first kappa shape index (κ1) is 41.0. The van der Waals surface area contributed by atoms with Gasteiger partial charge in [-0.1, -0.05) is 26.8 Å². The van der Waals surface area contributed by atoms with Gasteiger partial charge in [0.05, 0.1) is 32.1 Å². The van der Waals surface area contributed by atoms with Crippen molar-refractivity contribution in [3.05, 3.63) is 36.9 Å². The normalized spacial score (nSPS) is 24.5. The van der Waals surface area contributed by atoms with Gasteiger partial charge < -0.3 is 39.4 Å². The molecule has 0 bridgehead atoms. The number of likely N-dealkylation sites (tertiary alicyclic amines) is 1. The standard InChI is InChI=1S/C39H54N6O10S/c1-9-24-21-39(24,35(48)43-56(50,51)27-11-12-27)42-32(46)29-20-26(22-45(29)34(47)31(37(2,3)4)41-36(49)55-38(5,6)7)54-33-28-13-10-25(52-8)18-23(28)19-30(40-33)44-14-16-53-17-15-44/h9-10,13,18-19,24,26-27,29,31H,1,11-12,14-17,20-22H2,2-8H3,(H,41,49)(H,42,46)(H,43,48). The molecule has 5 atom stereocenters. The lowest BCUT2D eigenvalue weighted by molar-refractivity contribution is -0.143. The van der Waals surface area contributed by atoms with Crippen molar-refractivity contribution in [1.82, 2.24) is 25.2 Å². The van der Waals surface area contributed by atoms with Crippen molar-refractivity contribution in [2.24, 2.45) is 11.3 Å². The molecule has 2 aliphatic carbocycles. The predicted molar refractivity (Wildman–Crippen MR) is 208 cm³/mol. The minimum Gasteiger partial charge on any atom is -0.497 e. The van der Waals surface area contributed by atoms with E-state index in [0.29, 0.717) is 62.0 Å². The number of nitrogens with zero attached hydrogens (tertiary/aromatic N) is 3. The summed E-state index contributed by atoms with van der Waals surface area (Å²) in [4.78, 5) is 64.1. The smallest absolute Gasteiger partial charge is 0.408 e. The first-order valence-electron chi connectivity index (χ1n) is 19.0.